The van der Waals surface area contributed by atoms with Gasteiger partial charge in [0.1, 0.15) is 5.75 Å². The minimum atomic E-state index is -3.45. The third-order valence-electron chi connectivity index (χ3n) is 3.33. The van der Waals surface area contributed by atoms with Crippen molar-refractivity contribution in [2.24, 2.45) is 0 Å². The third-order valence-corrected chi connectivity index (χ3v) is 4.77. The Hall–Kier alpha value is -3.06. The van der Waals surface area contributed by atoms with Crippen LogP contribution < -0.4 is 14.8 Å². The maximum absolute atomic E-state index is 12.0. The van der Waals surface area contributed by atoms with Crippen LogP contribution in [-0.2, 0) is 21.2 Å². The SMILES string of the molecule is COc1ccc(-c2noc(CCC(=O)Nc3nnc(NS(C)(=O)=O)s3)n2)cc1. The second-order valence-electron chi connectivity index (χ2n) is 5.57. The standard InChI is InChI=1S/C15H16N6O5S2/c1-25-10-5-3-9(4-6-10)13-17-12(26-20-13)8-7-11(22)16-14-18-19-15(27-14)21-28(2,23)24/h3-6H,7-8H2,1-2H3,(H,19,21)(H,16,18,22). The molecule has 0 saturated carbocycles. The molecule has 3 rings (SSSR count). The van der Waals surface area contributed by atoms with E-state index in [1.807, 2.05) is 0 Å². The molecule has 13 heteroatoms. The fourth-order valence-corrected chi connectivity index (χ4v) is 3.58. The Bertz CT molecular complexity index is 1060. The first-order chi connectivity index (χ1) is 13.3. The number of carbonyl (C=O) groups excluding carboxylic acids is 1. The van der Waals surface area contributed by atoms with Gasteiger partial charge in [0.05, 0.1) is 13.4 Å². The summed E-state index contributed by atoms with van der Waals surface area (Å²) in [5.41, 5.74) is 0.764. The van der Waals surface area contributed by atoms with Gasteiger partial charge in [-0.15, -0.1) is 10.2 Å². The molecule has 0 aliphatic rings. The molecule has 0 fully saturated rings. The number of hydrogen-bond acceptors (Lipinski definition) is 10. The molecule has 0 saturated heterocycles. The number of nitrogens with one attached hydrogen (secondary N) is 2. The van der Waals surface area contributed by atoms with Gasteiger partial charge < -0.3 is 14.6 Å². The van der Waals surface area contributed by atoms with E-state index < -0.39 is 10.0 Å². The van der Waals surface area contributed by atoms with Gasteiger partial charge in [-0.3, -0.25) is 9.52 Å². The van der Waals surface area contributed by atoms with Crippen LogP contribution in [0.3, 0.4) is 0 Å². The van der Waals surface area contributed by atoms with E-state index in [1.54, 1.807) is 31.4 Å². The predicted octanol–water partition coefficient (Wildman–Crippen LogP) is 1.54. The molecule has 2 N–H and O–H groups in total. The van der Waals surface area contributed by atoms with Gasteiger partial charge in [0.25, 0.3) is 0 Å². The van der Waals surface area contributed by atoms with Crippen LogP contribution in [0, 0.1) is 0 Å². The van der Waals surface area contributed by atoms with Crippen LogP contribution in [0.2, 0.25) is 0 Å². The topological polar surface area (TPSA) is 149 Å². The minimum absolute atomic E-state index is 0.0684. The Kier molecular flexibility index (Phi) is 5.84. The van der Waals surface area contributed by atoms with Gasteiger partial charge in [-0.1, -0.05) is 16.5 Å². The molecule has 3 aromatic rings. The summed E-state index contributed by atoms with van der Waals surface area (Å²) in [7, 11) is -1.87. The summed E-state index contributed by atoms with van der Waals surface area (Å²) in [6.45, 7) is 0. The quantitative estimate of drug-likeness (QED) is 0.549. The van der Waals surface area contributed by atoms with E-state index in [0.717, 1.165) is 28.9 Å². The lowest BCUT2D eigenvalue weighted by Crippen LogP contribution is -2.12. The molecule has 148 valence electrons. The van der Waals surface area contributed by atoms with Crippen LogP contribution in [-0.4, -0.2) is 48.0 Å². The maximum Gasteiger partial charge on any atom is 0.231 e. The summed E-state index contributed by atoms with van der Waals surface area (Å²) in [4.78, 5) is 16.3. The summed E-state index contributed by atoms with van der Waals surface area (Å²) >= 11 is 0.908. The molecule has 2 heterocycles. The summed E-state index contributed by atoms with van der Waals surface area (Å²) < 4.78 is 34.7. The van der Waals surface area contributed by atoms with Crippen molar-refractivity contribution < 1.29 is 22.5 Å². The molecule has 11 nitrogen and oxygen atoms in total. The van der Waals surface area contributed by atoms with Crippen molar-refractivity contribution in [1.29, 1.82) is 0 Å². The monoisotopic (exact) mass is 424 g/mol. The number of anilines is 2. The zero-order valence-corrected chi connectivity index (χ0v) is 16.5. The zero-order chi connectivity index (χ0) is 20.1. The molecule has 0 radical (unpaired) electrons. The number of ether oxygens (including phenoxy) is 1. The second-order valence-corrected chi connectivity index (χ2v) is 8.30. The number of methoxy groups -OCH3 is 1. The Balaban J connectivity index is 1.53. The minimum Gasteiger partial charge on any atom is -0.497 e. The van der Waals surface area contributed by atoms with E-state index in [2.05, 4.69) is 30.4 Å². The Morgan fingerprint density at radius 2 is 1.93 bits per heavy atom. The van der Waals surface area contributed by atoms with Gasteiger partial charge in [-0.2, -0.15) is 4.98 Å². The van der Waals surface area contributed by atoms with Crippen molar-refractivity contribution >= 4 is 37.5 Å². The molecule has 28 heavy (non-hydrogen) atoms. The third kappa shape index (κ3) is 5.47. The fourth-order valence-electron chi connectivity index (χ4n) is 2.09. The highest BCUT2D eigenvalue weighted by Gasteiger charge is 2.13. The Morgan fingerprint density at radius 1 is 1.21 bits per heavy atom. The van der Waals surface area contributed by atoms with E-state index in [9.17, 15) is 13.2 Å². The first kappa shape index (κ1) is 19.7. The first-order valence-electron chi connectivity index (χ1n) is 7.90. The van der Waals surface area contributed by atoms with E-state index in [4.69, 9.17) is 9.26 Å². The Morgan fingerprint density at radius 3 is 2.61 bits per heavy atom. The summed E-state index contributed by atoms with van der Waals surface area (Å²) in [6, 6.07) is 7.18. The van der Waals surface area contributed by atoms with Crippen LogP contribution >= 0.6 is 11.3 Å². The molecular weight excluding hydrogens is 408 g/mol. The normalized spacial score (nSPS) is 11.2. The molecular formula is C15H16N6O5S2. The van der Waals surface area contributed by atoms with Crippen LogP contribution in [0.1, 0.15) is 12.3 Å². The Labute approximate surface area is 164 Å². The average molecular weight is 424 g/mol. The summed E-state index contributed by atoms with van der Waals surface area (Å²) in [6.07, 6.45) is 1.32. The molecule has 1 amide bonds. The highest BCUT2D eigenvalue weighted by Crippen LogP contribution is 2.22. The molecule has 0 unspecified atom stereocenters. The molecule has 0 atom stereocenters. The maximum atomic E-state index is 12.0. The van der Waals surface area contributed by atoms with Gasteiger partial charge >= 0.3 is 0 Å². The van der Waals surface area contributed by atoms with Crippen LogP contribution in [0.15, 0.2) is 28.8 Å². The zero-order valence-electron chi connectivity index (χ0n) is 14.9. The second kappa shape index (κ2) is 8.31. The van der Waals surface area contributed by atoms with Crippen molar-refractivity contribution in [3.8, 4) is 17.1 Å². The molecule has 0 bridgehead atoms. The lowest BCUT2D eigenvalue weighted by molar-refractivity contribution is -0.116. The largest absolute Gasteiger partial charge is 0.497 e. The lowest BCUT2D eigenvalue weighted by atomic mass is 10.2. The van der Waals surface area contributed by atoms with Crippen molar-refractivity contribution in [3.63, 3.8) is 0 Å². The molecule has 0 aliphatic carbocycles. The molecule has 0 spiro atoms. The van der Waals surface area contributed by atoms with E-state index >= 15 is 0 Å². The van der Waals surface area contributed by atoms with Gasteiger partial charge in [-0.05, 0) is 24.3 Å². The van der Waals surface area contributed by atoms with Crippen molar-refractivity contribution in [3.05, 3.63) is 30.2 Å². The van der Waals surface area contributed by atoms with Gasteiger partial charge in [0, 0.05) is 18.4 Å². The average Bonchev–Trinajstić information content (AvgIpc) is 3.28. The van der Waals surface area contributed by atoms with Crippen LogP contribution in [0.4, 0.5) is 10.3 Å². The molecule has 0 aliphatic heterocycles. The van der Waals surface area contributed by atoms with Crippen LogP contribution in [0.5, 0.6) is 5.75 Å². The number of aryl methyl sites for hydroxylation is 1. The number of rotatable bonds is 8. The van der Waals surface area contributed by atoms with Gasteiger partial charge in [0.2, 0.25) is 37.9 Å². The van der Waals surface area contributed by atoms with E-state index in [0.29, 0.717) is 11.7 Å². The number of benzene rings is 1. The van der Waals surface area contributed by atoms with Gasteiger partial charge in [-0.25, -0.2) is 8.42 Å². The molecule has 1 aromatic carbocycles. The van der Waals surface area contributed by atoms with Crippen LogP contribution in [0.25, 0.3) is 11.4 Å². The highest BCUT2D eigenvalue weighted by molar-refractivity contribution is 7.92. The number of aromatic nitrogens is 4. The van der Waals surface area contributed by atoms with Gasteiger partial charge in [0.15, 0.2) is 0 Å². The predicted molar refractivity (Wildman–Crippen MR) is 102 cm³/mol. The summed E-state index contributed by atoms with van der Waals surface area (Å²) in [5, 5.41) is 14.0. The molecule has 2 aromatic heterocycles. The number of carbonyl (C=O) groups is 1. The van der Waals surface area contributed by atoms with Crippen molar-refractivity contribution in [2.75, 3.05) is 23.4 Å². The fraction of sp³-hybridized carbons (Fsp3) is 0.267. The van der Waals surface area contributed by atoms with E-state index in [-0.39, 0.29) is 29.0 Å². The van der Waals surface area contributed by atoms with Crippen molar-refractivity contribution in [1.82, 2.24) is 20.3 Å². The number of sulfonamides is 1. The van der Waals surface area contributed by atoms with E-state index in [1.165, 1.54) is 0 Å². The first-order valence-corrected chi connectivity index (χ1v) is 10.6. The smallest absolute Gasteiger partial charge is 0.231 e. The van der Waals surface area contributed by atoms with Crippen molar-refractivity contribution in [2.45, 2.75) is 12.8 Å². The summed E-state index contributed by atoms with van der Waals surface area (Å²) in [5.74, 6) is 1.11. The number of nitrogens with zero attached hydrogens (tertiary/aromatic N) is 4. The highest BCUT2D eigenvalue weighted by atomic mass is 32.2. The number of hydrogen-bond donors (Lipinski definition) is 2. The number of amides is 1. The lowest BCUT2D eigenvalue weighted by Gasteiger charge is -1.99.